The zero-order chi connectivity index (χ0) is 46.9. The molecule has 0 radical (unpaired) electrons. The molecule has 2 aliphatic rings. The SMILES string of the molecule is c1ccc(-c2ccc(N(c3ccccc3)c3ccc4c(c3)oc3cc(-c5ccc6c(c5)[Si]5(c7ccccc7Sc7ccccc75)c5ccccc5[Si]6(c5ccccc5)c5ccccc5)ccc34)cc2)cc1. The summed E-state index contributed by atoms with van der Waals surface area (Å²) < 4.78 is 6.95. The summed E-state index contributed by atoms with van der Waals surface area (Å²) in [6, 6.07) is 102. The van der Waals surface area contributed by atoms with Gasteiger partial charge >= 0.3 is 0 Å². The third-order valence-electron chi connectivity index (χ3n) is 15.1. The summed E-state index contributed by atoms with van der Waals surface area (Å²) in [4.78, 5) is 5.03. The largest absolute Gasteiger partial charge is 0.456 e. The van der Waals surface area contributed by atoms with Crippen LogP contribution in [0.2, 0.25) is 0 Å². The molecule has 0 amide bonds. The monoisotopic (exact) mass is 955 g/mol. The van der Waals surface area contributed by atoms with Gasteiger partial charge in [-0.25, -0.2) is 0 Å². The molecule has 2 nitrogen and oxygen atoms in total. The minimum atomic E-state index is -2.96. The molecule has 334 valence electrons. The van der Waals surface area contributed by atoms with Crippen molar-refractivity contribution in [1.29, 1.82) is 0 Å². The maximum Gasteiger partial charge on any atom is 0.181 e. The molecule has 0 bridgehead atoms. The van der Waals surface area contributed by atoms with Crippen LogP contribution in [0.25, 0.3) is 44.2 Å². The van der Waals surface area contributed by atoms with Crippen molar-refractivity contribution >= 4 is 108 Å². The van der Waals surface area contributed by atoms with Crippen LogP contribution in [0.3, 0.4) is 0 Å². The molecule has 11 aromatic carbocycles. The Hall–Kier alpha value is -8.20. The summed E-state index contributed by atoms with van der Waals surface area (Å²) in [6.45, 7) is 0. The molecule has 0 unspecified atom stereocenters. The molecule has 0 atom stereocenters. The fourth-order valence-electron chi connectivity index (χ4n) is 12.1. The molecule has 2 aliphatic heterocycles. The molecule has 0 aliphatic carbocycles. The van der Waals surface area contributed by atoms with E-state index in [9.17, 15) is 0 Å². The number of anilines is 3. The van der Waals surface area contributed by atoms with E-state index >= 15 is 0 Å². The Kier molecular flexibility index (Phi) is 9.85. The lowest BCUT2D eigenvalue weighted by atomic mass is 10.0. The average molecular weight is 956 g/mol. The third kappa shape index (κ3) is 6.40. The first kappa shape index (κ1) is 41.7. The highest BCUT2D eigenvalue weighted by atomic mass is 32.2. The normalized spacial score (nSPS) is 13.8. The van der Waals surface area contributed by atoms with Gasteiger partial charge in [0.15, 0.2) is 16.1 Å². The second kappa shape index (κ2) is 16.7. The zero-order valence-electron chi connectivity index (χ0n) is 38.7. The van der Waals surface area contributed by atoms with E-state index in [-0.39, 0.29) is 0 Å². The molecule has 0 saturated heterocycles. The molecule has 14 rings (SSSR count). The van der Waals surface area contributed by atoms with E-state index in [2.05, 4.69) is 278 Å². The van der Waals surface area contributed by atoms with Crippen LogP contribution in [-0.2, 0) is 0 Å². The number of rotatable bonds is 7. The van der Waals surface area contributed by atoms with E-state index in [1.807, 2.05) is 11.8 Å². The number of benzene rings is 11. The van der Waals surface area contributed by atoms with Gasteiger partial charge in [0.2, 0.25) is 0 Å². The highest BCUT2D eigenvalue weighted by Gasteiger charge is 2.58. The van der Waals surface area contributed by atoms with Crippen LogP contribution in [0.4, 0.5) is 17.1 Å². The van der Waals surface area contributed by atoms with Gasteiger partial charge in [0, 0.05) is 43.7 Å². The third-order valence-corrected chi connectivity index (χ3v) is 26.9. The Bertz CT molecular complexity index is 3880. The molecule has 1 aromatic heterocycles. The standard InChI is InChI=1S/C66H45NOSSi2/c1-5-19-46(20-6-1)47-33-37-51(38-34-47)67(50-21-7-2-8-22-50)52-39-41-56-55-40-35-48(43-57(55)68-58(56)45-52)49-36-42-65-66(44-49)71(61-29-15-13-27-59(61)69-60-28-14-16-30-62(60)71)64-32-18-17-31-63(64)70(65,53-23-9-3-10-24-53)54-25-11-4-12-26-54/h1-45H. The molecule has 1 spiro atoms. The first-order valence-corrected chi connectivity index (χ1v) is 29.2. The molecular weight excluding hydrogens is 911 g/mol. The molecular formula is C66H45NOSSi2. The summed E-state index contributed by atoms with van der Waals surface area (Å²) in [5.74, 6) is 0. The van der Waals surface area contributed by atoms with Crippen LogP contribution in [0.15, 0.2) is 287 Å². The van der Waals surface area contributed by atoms with E-state index in [1.165, 1.54) is 68.0 Å². The van der Waals surface area contributed by atoms with E-state index in [0.29, 0.717) is 0 Å². The fourth-order valence-corrected chi connectivity index (χ4v) is 26.4. The molecule has 0 fully saturated rings. The highest BCUT2D eigenvalue weighted by molar-refractivity contribution is 8.00. The van der Waals surface area contributed by atoms with Crippen molar-refractivity contribution < 1.29 is 4.42 Å². The summed E-state index contributed by atoms with van der Waals surface area (Å²) in [5.41, 5.74) is 9.68. The summed E-state index contributed by atoms with van der Waals surface area (Å²) in [6.07, 6.45) is 0. The highest BCUT2D eigenvalue weighted by Crippen LogP contribution is 2.40. The van der Waals surface area contributed by atoms with Gasteiger partial charge in [-0.05, 0) is 124 Å². The Balaban J connectivity index is 0.965. The molecule has 71 heavy (non-hydrogen) atoms. The van der Waals surface area contributed by atoms with Crippen molar-refractivity contribution in [2.45, 2.75) is 9.79 Å². The number of hydrogen-bond acceptors (Lipinski definition) is 3. The van der Waals surface area contributed by atoms with Crippen molar-refractivity contribution in [3.05, 3.63) is 273 Å². The quantitative estimate of drug-likeness (QED) is 0.148. The lowest BCUT2D eigenvalue weighted by Gasteiger charge is -2.50. The van der Waals surface area contributed by atoms with Crippen LogP contribution in [0.1, 0.15) is 0 Å². The summed E-state index contributed by atoms with van der Waals surface area (Å²) in [7, 11) is -5.86. The van der Waals surface area contributed by atoms with Gasteiger partial charge in [0.05, 0.1) is 0 Å². The van der Waals surface area contributed by atoms with Crippen LogP contribution in [0, 0.1) is 0 Å². The average Bonchev–Trinajstić information content (AvgIpc) is 3.82. The van der Waals surface area contributed by atoms with Crippen molar-refractivity contribution in [3.8, 4) is 22.3 Å². The predicted molar refractivity (Wildman–Crippen MR) is 304 cm³/mol. The fraction of sp³-hybridized carbons (Fsp3) is 0. The number of furan rings is 1. The maximum atomic E-state index is 6.95. The van der Waals surface area contributed by atoms with Crippen LogP contribution < -0.4 is 46.4 Å². The Morgan fingerprint density at radius 2 is 0.704 bits per heavy atom. The second-order valence-electron chi connectivity index (χ2n) is 18.7. The van der Waals surface area contributed by atoms with Crippen LogP contribution >= 0.6 is 11.8 Å². The van der Waals surface area contributed by atoms with E-state index in [1.54, 1.807) is 0 Å². The lowest BCUT2D eigenvalue weighted by Crippen LogP contribution is -2.93. The molecule has 5 heteroatoms. The van der Waals surface area contributed by atoms with Gasteiger partial charge in [0.25, 0.3) is 0 Å². The van der Waals surface area contributed by atoms with Gasteiger partial charge in [-0.15, -0.1) is 0 Å². The smallest absolute Gasteiger partial charge is 0.181 e. The minimum absolute atomic E-state index is 0.860. The number of nitrogens with zero attached hydrogens (tertiary/aromatic N) is 1. The first-order chi connectivity index (χ1) is 35.2. The zero-order valence-corrected chi connectivity index (χ0v) is 41.6. The maximum absolute atomic E-state index is 6.95. The molecule has 12 aromatic rings. The molecule has 0 N–H and O–H groups in total. The number of hydrogen-bond donors (Lipinski definition) is 0. The Labute approximate surface area is 420 Å². The lowest BCUT2D eigenvalue weighted by molar-refractivity contribution is 0.669. The van der Waals surface area contributed by atoms with Gasteiger partial charge in [-0.2, -0.15) is 0 Å². The Morgan fingerprint density at radius 3 is 1.34 bits per heavy atom. The van der Waals surface area contributed by atoms with Gasteiger partial charge in [-0.3, -0.25) is 0 Å². The number of fused-ring (bicyclic) bond motifs is 11. The minimum Gasteiger partial charge on any atom is -0.456 e. The van der Waals surface area contributed by atoms with Gasteiger partial charge in [-0.1, -0.05) is 218 Å². The van der Waals surface area contributed by atoms with E-state index < -0.39 is 16.1 Å². The van der Waals surface area contributed by atoms with Gasteiger partial charge in [0.1, 0.15) is 11.2 Å². The summed E-state index contributed by atoms with van der Waals surface area (Å²) in [5, 5.41) is 13.9. The molecule has 0 saturated carbocycles. The van der Waals surface area contributed by atoms with Gasteiger partial charge < -0.3 is 9.32 Å². The van der Waals surface area contributed by atoms with Crippen molar-refractivity contribution in [3.63, 3.8) is 0 Å². The van der Waals surface area contributed by atoms with E-state index in [0.717, 1.165) is 44.6 Å². The van der Waals surface area contributed by atoms with Crippen molar-refractivity contribution in [1.82, 2.24) is 0 Å². The van der Waals surface area contributed by atoms with Crippen molar-refractivity contribution in [2.75, 3.05) is 4.90 Å². The predicted octanol–water partition coefficient (Wildman–Crippen LogP) is 11.9. The van der Waals surface area contributed by atoms with Crippen LogP contribution in [0.5, 0.6) is 0 Å². The van der Waals surface area contributed by atoms with Crippen LogP contribution in [-0.4, -0.2) is 16.1 Å². The summed E-state index contributed by atoms with van der Waals surface area (Å²) >= 11 is 1.93. The first-order valence-electron chi connectivity index (χ1n) is 24.4. The topological polar surface area (TPSA) is 16.4 Å². The van der Waals surface area contributed by atoms with Crippen molar-refractivity contribution in [2.24, 2.45) is 0 Å². The number of para-hydroxylation sites is 1. The second-order valence-corrected chi connectivity index (χ2v) is 27.2. The van der Waals surface area contributed by atoms with E-state index in [4.69, 9.17) is 4.42 Å². The Morgan fingerprint density at radius 1 is 0.282 bits per heavy atom. The molecule has 3 heterocycles.